The normalized spacial score (nSPS) is 24.6. The van der Waals surface area contributed by atoms with E-state index in [1.807, 2.05) is 6.92 Å². The molecule has 1 spiro atoms. The summed E-state index contributed by atoms with van der Waals surface area (Å²) in [7, 11) is 0. The van der Waals surface area contributed by atoms with Crippen LogP contribution in [0.25, 0.3) is 0 Å². The summed E-state index contributed by atoms with van der Waals surface area (Å²) >= 11 is 4.89. The number of piperidine rings is 1. The number of rotatable bonds is 3. The van der Waals surface area contributed by atoms with E-state index in [9.17, 15) is 9.59 Å². The molecule has 1 aliphatic carbocycles. The summed E-state index contributed by atoms with van der Waals surface area (Å²) in [4.78, 5) is 26.0. The number of likely N-dealkylation sites (tertiary alicyclic amines) is 1. The molecule has 0 bridgehead atoms. The van der Waals surface area contributed by atoms with Gasteiger partial charge in [-0.25, -0.2) is 0 Å². The second kappa shape index (κ2) is 4.96. The van der Waals surface area contributed by atoms with Gasteiger partial charge in [-0.05, 0) is 18.3 Å². The maximum Gasteiger partial charge on any atom is 0.229 e. The maximum atomic E-state index is 12.1. The Labute approximate surface area is 113 Å². The Kier molecular flexibility index (Phi) is 3.71. The van der Waals surface area contributed by atoms with Crippen molar-refractivity contribution in [3.63, 3.8) is 0 Å². The quantitative estimate of drug-likeness (QED) is 0.624. The fourth-order valence-electron chi connectivity index (χ4n) is 3.08. The molecule has 18 heavy (non-hydrogen) atoms. The van der Waals surface area contributed by atoms with Crippen LogP contribution in [0.1, 0.15) is 45.4 Å². The van der Waals surface area contributed by atoms with Crippen molar-refractivity contribution < 1.29 is 9.59 Å². The van der Waals surface area contributed by atoms with Crippen molar-refractivity contribution in [3.05, 3.63) is 0 Å². The minimum atomic E-state index is -0.106. The van der Waals surface area contributed by atoms with Crippen LogP contribution in [0, 0.1) is 11.3 Å². The summed E-state index contributed by atoms with van der Waals surface area (Å²) in [6, 6.07) is 0. The van der Waals surface area contributed by atoms with E-state index >= 15 is 0 Å². The molecule has 1 aliphatic heterocycles. The minimum Gasteiger partial charge on any atom is -0.393 e. The van der Waals surface area contributed by atoms with Gasteiger partial charge in [-0.1, -0.05) is 32.0 Å². The van der Waals surface area contributed by atoms with Gasteiger partial charge in [0.1, 0.15) is 0 Å². The molecular formula is C13H20N2O2S. The van der Waals surface area contributed by atoms with Gasteiger partial charge in [-0.15, -0.1) is 0 Å². The molecular weight excluding hydrogens is 248 g/mol. The molecule has 1 saturated carbocycles. The molecule has 2 aliphatic rings. The predicted octanol–water partition coefficient (Wildman–Crippen LogP) is 1.62. The number of imide groups is 1. The van der Waals surface area contributed by atoms with Gasteiger partial charge in [-0.2, -0.15) is 0 Å². The first kappa shape index (κ1) is 13.5. The molecule has 2 rings (SSSR count). The average Bonchev–Trinajstić information content (AvgIpc) is 2.71. The Balaban J connectivity index is 2.05. The standard InChI is InChI=1S/C13H20N2O2S/c1-9(12(14)18)8-15-10(16)6-13(7-11(15)17)4-2-3-5-13/h9H,2-8H2,1H3,(H2,14,18). The number of hydrogen-bond donors (Lipinski definition) is 1. The first-order chi connectivity index (χ1) is 8.43. The molecule has 0 radical (unpaired) electrons. The molecule has 0 aromatic heterocycles. The SMILES string of the molecule is CC(CN1C(=O)CC2(CCCC2)CC1=O)C(N)=S. The second-order valence-electron chi connectivity index (χ2n) is 5.76. The number of nitrogens with zero attached hydrogens (tertiary/aromatic N) is 1. The van der Waals surface area contributed by atoms with E-state index in [1.54, 1.807) is 0 Å². The predicted molar refractivity (Wildman–Crippen MR) is 72.8 cm³/mol. The van der Waals surface area contributed by atoms with Crippen molar-refractivity contribution in [1.29, 1.82) is 0 Å². The molecule has 1 atom stereocenters. The lowest BCUT2D eigenvalue weighted by molar-refractivity contribution is -0.153. The van der Waals surface area contributed by atoms with Crippen LogP contribution >= 0.6 is 12.2 Å². The van der Waals surface area contributed by atoms with Gasteiger partial charge >= 0.3 is 0 Å². The van der Waals surface area contributed by atoms with Crippen LogP contribution in [-0.2, 0) is 9.59 Å². The Morgan fingerprint density at radius 2 is 1.83 bits per heavy atom. The van der Waals surface area contributed by atoms with E-state index < -0.39 is 0 Å². The lowest BCUT2D eigenvalue weighted by atomic mass is 9.76. The summed E-state index contributed by atoms with van der Waals surface area (Å²) in [5, 5.41) is 0. The Morgan fingerprint density at radius 3 is 2.28 bits per heavy atom. The third kappa shape index (κ3) is 2.55. The average molecular weight is 268 g/mol. The number of nitrogens with two attached hydrogens (primary N) is 1. The lowest BCUT2D eigenvalue weighted by Crippen LogP contribution is -2.49. The van der Waals surface area contributed by atoms with Gasteiger partial charge in [0, 0.05) is 25.3 Å². The van der Waals surface area contributed by atoms with Crippen molar-refractivity contribution >= 4 is 29.0 Å². The lowest BCUT2D eigenvalue weighted by Gasteiger charge is -2.38. The monoisotopic (exact) mass is 268 g/mol. The largest absolute Gasteiger partial charge is 0.393 e. The molecule has 2 N–H and O–H groups in total. The highest BCUT2D eigenvalue weighted by Crippen LogP contribution is 2.46. The Morgan fingerprint density at radius 1 is 1.33 bits per heavy atom. The zero-order chi connectivity index (χ0) is 13.3. The number of carbonyl (C=O) groups excluding carboxylic acids is 2. The van der Waals surface area contributed by atoms with Crippen molar-refractivity contribution in [1.82, 2.24) is 4.90 Å². The van der Waals surface area contributed by atoms with Crippen molar-refractivity contribution in [2.24, 2.45) is 17.1 Å². The van der Waals surface area contributed by atoms with Crippen LogP contribution in [0.2, 0.25) is 0 Å². The molecule has 100 valence electrons. The third-order valence-electron chi connectivity index (χ3n) is 4.26. The van der Waals surface area contributed by atoms with Gasteiger partial charge in [0.05, 0.1) is 4.99 Å². The minimum absolute atomic E-state index is 0.0306. The summed E-state index contributed by atoms with van der Waals surface area (Å²) in [5.41, 5.74) is 5.51. The van der Waals surface area contributed by atoms with E-state index in [-0.39, 0.29) is 23.1 Å². The van der Waals surface area contributed by atoms with Crippen LogP contribution in [0.5, 0.6) is 0 Å². The number of hydrogen-bond acceptors (Lipinski definition) is 3. The number of thiocarbonyl (C=S) groups is 1. The summed E-state index contributed by atoms with van der Waals surface area (Å²) < 4.78 is 0. The maximum absolute atomic E-state index is 12.1. The van der Waals surface area contributed by atoms with Gasteiger partial charge in [0.2, 0.25) is 11.8 Å². The van der Waals surface area contributed by atoms with Crippen LogP contribution in [0.15, 0.2) is 0 Å². The van der Waals surface area contributed by atoms with E-state index in [0.717, 1.165) is 25.7 Å². The highest BCUT2D eigenvalue weighted by Gasteiger charge is 2.45. The van der Waals surface area contributed by atoms with Crippen molar-refractivity contribution in [2.45, 2.75) is 45.4 Å². The Hall–Kier alpha value is -0.970. The fourth-order valence-corrected chi connectivity index (χ4v) is 3.15. The van der Waals surface area contributed by atoms with E-state index in [0.29, 0.717) is 24.4 Å². The van der Waals surface area contributed by atoms with Gasteiger partial charge in [0.25, 0.3) is 0 Å². The molecule has 2 amide bonds. The molecule has 4 nitrogen and oxygen atoms in total. The zero-order valence-corrected chi connectivity index (χ0v) is 11.6. The molecule has 1 heterocycles. The summed E-state index contributed by atoms with van der Waals surface area (Å²) in [6.07, 6.45) is 5.35. The fraction of sp³-hybridized carbons (Fsp3) is 0.769. The van der Waals surface area contributed by atoms with Crippen LogP contribution in [0.3, 0.4) is 0 Å². The third-order valence-corrected chi connectivity index (χ3v) is 4.66. The van der Waals surface area contributed by atoms with Crippen molar-refractivity contribution in [2.75, 3.05) is 6.54 Å². The summed E-state index contributed by atoms with van der Waals surface area (Å²) in [5.74, 6) is -0.196. The number of carbonyl (C=O) groups is 2. The molecule has 1 unspecified atom stereocenters. The molecule has 2 fully saturated rings. The van der Waals surface area contributed by atoms with E-state index in [2.05, 4.69) is 0 Å². The highest BCUT2D eigenvalue weighted by atomic mass is 32.1. The smallest absolute Gasteiger partial charge is 0.229 e. The molecule has 0 aromatic carbocycles. The highest BCUT2D eigenvalue weighted by molar-refractivity contribution is 7.80. The first-order valence-corrected chi connectivity index (χ1v) is 6.97. The van der Waals surface area contributed by atoms with E-state index in [1.165, 1.54) is 4.90 Å². The molecule has 5 heteroatoms. The molecule has 0 aromatic rings. The summed E-state index contributed by atoms with van der Waals surface area (Å²) in [6.45, 7) is 2.19. The first-order valence-electron chi connectivity index (χ1n) is 6.56. The zero-order valence-electron chi connectivity index (χ0n) is 10.8. The number of amides is 2. The van der Waals surface area contributed by atoms with E-state index in [4.69, 9.17) is 18.0 Å². The van der Waals surface area contributed by atoms with Crippen LogP contribution < -0.4 is 5.73 Å². The topological polar surface area (TPSA) is 63.4 Å². The van der Waals surface area contributed by atoms with Gasteiger partial charge in [-0.3, -0.25) is 14.5 Å². The molecule has 1 saturated heterocycles. The van der Waals surface area contributed by atoms with Gasteiger partial charge in [0.15, 0.2) is 0 Å². The van der Waals surface area contributed by atoms with Crippen LogP contribution in [-0.4, -0.2) is 28.2 Å². The van der Waals surface area contributed by atoms with Crippen LogP contribution in [0.4, 0.5) is 0 Å². The van der Waals surface area contributed by atoms with Crippen molar-refractivity contribution in [3.8, 4) is 0 Å². The van der Waals surface area contributed by atoms with Gasteiger partial charge < -0.3 is 5.73 Å². The Bertz CT molecular complexity index is 368. The second-order valence-corrected chi connectivity index (χ2v) is 6.23.